The van der Waals surface area contributed by atoms with Gasteiger partial charge in [0.15, 0.2) is 11.5 Å². The number of thiocarbonyl (C=S) groups is 1. The first-order valence-corrected chi connectivity index (χ1v) is 11.3. The molecule has 0 aliphatic rings. The molecule has 0 spiro atoms. The zero-order chi connectivity index (χ0) is 25.7. The predicted octanol–water partition coefficient (Wildman–Crippen LogP) is 4.80. The lowest BCUT2D eigenvalue weighted by Gasteiger charge is -2.28. The van der Waals surface area contributed by atoms with Crippen LogP contribution in [-0.2, 0) is 9.53 Å². The van der Waals surface area contributed by atoms with Crippen LogP contribution in [0.15, 0.2) is 54.7 Å². The summed E-state index contributed by atoms with van der Waals surface area (Å²) in [4.78, 5) is 17.0. The summed E-state index contributed by atoms with van der Waals surface area (Å²) in [5.74, 6) is -1.90. The number of esters is 1. The quantitative estimate of drug-likeness (QED) is 0.340. The lowest BCUT2D eigenvalue weighted by atomic mass is 9.84. The maximum atomic E-state index is 13.7. The minimum absolute atomic E-state index is 0.0444. The molecule has 0 aliphatic carbocycles. The van der Waals surface area contributed by atoms with Gasteiger partial charge in [-0.05, 0) is 61.7 Å². The van der Waals surface area contributed by atoms with Crippen LogP contribution in [0.2, 0.25) is 0 Å². The molecule has 0 aliphatic heterocycles. The third-order valence-electron chi connectivity index (χ3n) is 5.59. The van der Waals surface area contributed by atoms with Gasteiger partial charge in [-0.15, -0.1) is 0 Å². The maximum absolute atomic E-state index is 13.7. The second kappa shape index (κ2) is 11.2. The van der Waals surface area contributed by atoms with Crippen LogP contribution in [0.25, 0.3) is 0 Å². The molecule has 9 heteroatoms. The first kappa shape index (κ1) is 26.0. The van der Waals surface area contributed by atoms with Gasteiger partial charge in [0, 0.05) is 18.2 Å². The summed E-state index contributed by atoms with van der Waals surface area (Å²) < 4.78 is 38.1. The van der Waals surface area contributed by atoms with Crippen LogP contribution in [0.4, 0.5) is 8.78 Å². The van der Waals surface area contributed by atoms with E-state index in [0.29, 0.717) is 11.1 Å². The molecular weight excluding hydrogens is 474 g/mol. The fraction of sp³-hybridized carbons (Fsp3) is 0.269. The monoisotopic (exact) mass is 500 g/mol. The third-order valence-corrected chi connectivity index (χ3v) is 5.90. The zero-order valence-electron chi connectivity index (χ0n) is 19.7. The number of carbonyl (C=O) groups is 1. The largest absolute Gasteiger partial charge is 0.503 e. The molecule has 6 nitrogen and oxygen atoms in total. The van der Waals surface area contributed by atoms with Crippen molar-refractivity contribution in [2.45, 2.75) is 38.8 Å². The van der Waals surface area contributed by atoms with Gasteiger partial charge in [-0.3, -0.25) is 0 Å². The first-order valence-electron chi connectivity index (χ1n) is 10.9. The molecule has 0 radical (unpaired) electrons. The number of halogens is 2. The normalized spacial score (nSPS) is 13.4. The van der Waals surface area contributed by atoms with Crippen LogP contribution in [0.1, 0.15) is 42.1 Å². The van der Waals surface area contributed by atoms with Gasteiger partial charge in [0.1, 0.15) is 34.5 Å². The summed E-state index contributed by atoms with van der Waals surface area (Å²) in [5, 5.41) is 13.1. The third kappa shape index (κ3) is 6.10. The van der Waals surface area contributed by atoms with E-state index in [0.717, 1.165) is 5.56 Å². The number of aromatic hydroxyl groups is 1. The van der Waals surface area contributed by atoms with E-state index >= 15 is 0 Å². The average Bonchev–Trinajstić information content (AvgIpc) is 2.81. The van der Waals surface area contributed by atoms with Gasteiger partial charge < -0.3 is 19.9 Å². The SMILES string of the molecule is COc1ccnc(C(=S)N[C@@H](C)C(=O)O[C@@H](C)[C@@H](c2ccc(F)cc2)c2ccc(F)cc2C)c1O. The molecule has 3 rings (SSSR count). The summed E-state index contributed by atoms with van der Waals surface area (Å²) in [7, 11) is 1.40. The molecule has 3 aromatic rings. The maximum Gasteiger partial charge on any atom is 0.328 e. The number of nitrogens with one attached hydrogen (secondary N) is 1. The number of nitrogens with zero attached hydrogens (tertiary/aromatic N) is 1. The number of aromatic nitrogens is 1. The topological polar surface area (TPSA) is 80.7 Å². The summed E-state index contributed by atoms with van der Waals surface area (Å²) in [6, 6.07) is 10.9. The molecule has 0 saturated carbocycles. The Kier molecular flexibility index (Phi) is 8.34. The smallest absolute Gasteiger partial charge is 0.328 e. The predicted molar refractivity (Wildman–Crippen MR) is 132 cm³/mol. The van der Waals surface area contributed by atoms with Crippen LogP contribution < -0.4 is 10.1 Å². The number of aryl methyl sites for hydroxylation is 1. The lowest BCUT2D eigenvalue weighted by molar-refractivity contribution is -0.150. The summed E-state index contributed by atoms with van der Waals surface area (Å²) >= 11 is 5.30. The Labute approximate surface area is 207 Å². The van der Waals surface area contributed by atoms with Crippen molar-refractivity contribution in [2.24, 2.45) is 0 Å². The van der Waals surface area contributed by atoms with Crippen molar-refractivity contribution in [1.82, 2.24) is 10.3 Å². The van der Waals surface area contributed by atoms with E-state index in [1.165, 1.54) is 43.6 Å². The molecule has 3 atom stereocenters. The standard InChI is InChI=1S/C26H26F2N2O4S/c1-14-13-19(28)9-10-20(14)22(17-5-7-18(27)8-6-17)16(3)34-26(32)15(2)30-25(35)23-24(31)21(33-4)11-12-29-23/h5-13,15-16,22,31H,1-4H3,(H,30,35)/t15-,16-,22-/m0/s1. The molecule has 0 bridgehead atoms. The molecule has 0 fully saturated rings. The Bertz CT molecular complexity index is 1220. The Hall–Kier alpha value is -3.59. The van der Waals surface area contributed by atoms with Gasteiger partial charge in [-0.25, -0.2) is 18.6 Å². The van der Waals surface area contributed by atoms with Gasteiger partial charge in [0.2, 0.25) is 0 Å². The van der Waals surface area contributed by atoms with Crippen molar-refractivity contribution in [1.29, 1.82) is 0 Å². The van der Waals surface area contributed by atoms with Crippen LogP contribution in [0.3, 0.4) is 0 Å². The molecule has 2 N–H and O–H groups in total. The zero-order valence-corrected chi connectivity index (χ0v) is 20.5. The number of ether oxygens (including phenoxy) is 2. The van der Waals surface area contributed by atoms with Crippen molar-refractivity contribution >= 4 is 23.2 Å². The van der Waals surface area contributed by atoms with E-state index in [1.54, 1.807) is 39.0 Å². The molecule has 0 unspecified atom stereocenters. The van der Waals surface area contributed by atoms with Gasteiger partial charge in [-0.2, -0.15) is 0 Å². The van der Waals surface area contributed by atoms with Gasteiger partial charge >= 0.3 is 5.97 Å². The molecule has 0 amide bonds. The Morgan fingerprint density at radius 2 is 1.74 bits per heavy atom. The second-order valence-electron chi connectivity index (χ2n) is 8.08. The second-order valence-corrected chi connectivity index (χ2v) is 8.49. The Morgan fingerprint density at radius 3 is 2.37 bits per heavy atom. The highest BCUT2D eigenvalue weighted by Crippen LogP contribution is 2.33. The van der Waals surface area contributed by atoms with Crippen molar-refractivity contribution in [3.8, 4) is 11.5 Å². The van der Waals surface area contributed by atoms with Crippen LogP contribution in [-0.4, -0.2) is 40.3 Å². The van der Waals surface area contributed by atoms with Crippen molar-refractivity contribution < 1.29 is 28.2 Å². The van der Waals surface area contributed by atoms with Crippen LogP contribution >= 0.6 is 12.2 Å². The number of carbonyl (C=O) groups excluding carboxylic acids is 1. The molecular formula is C26H26F2N2O4S. The van der Waals surface area contributed by atoms with Gasteiger partial charge in [-0.1, -0.05) is 30.4 Å². The average molecular weight is 501 g/mol. The van der Waals surface area contributed by atoms with Crippen LogP contribution in [0.5, 0.6) is 11.5 Å². The fourth-order valence-electron chi connectivity index (χ4n) is 3.81. The van der Waals surface area contributed by atoms with Crippen LogP contribution in [0, 0.1) is 18.6 Å². The fourth-order valence-corrected chi connectivity index (χ4v) is 4.13. The first-order chi connectivity index (χ1) is 16.6. The highest BCUT2D eigenvalue weighted by Gasteiger charge is 2.29. The van der Waals surface area contributed by atoms with Crippen molar-refractivity contribution in [3.05, 3.63) is 88.7 Å². The van der Waals surface area contributed by atoms with Crippen molar-refractivity contribution in [3.63, 3.8) is 0 Å². The van der Waals surface area contributed by atoms with E-state index in [9.17, 15) is 18.7 Å². The molecule has 184 valence electrons. The lowest BCUT2D eigenvalue weighted by Crippen LogP contribution is -2.41. The van der Waals surface area contributed by atoms with Gasteiger partial charge in [0.05, 0.1) is 7.11 Å². The molecule has 2 aromatic carbocycles. The molecule has 1 aromatic heterocycles. The number of rotatable bonds is 8. The number of hydrogen-bond donors (Lipinski definition) is 2. The minimum Gasteiger partial charge on any atom is -0.503 e. The Balaban J connectivity index is 1.80. The number of methoxy groups -OCH3 is 1. The Morgan fingerprint density at radius 1 is 1.09 bits per heavy atom. The van der Waals surface area contributed by atoms with E-state index in [1.807, 2.05) is 0 Å². The molecule has 0 saturated heterocycles. The summed E-state index contributed by atoms with van der Waals surface area (Å²) in [6.45, 7) is 5.05. The summed E-state index contributed by atoms with van der Waals surface area (Å²) in [5.41, 5.74) is 2.20. The van der Waals surface area contributed by atoms with E-state index < -0.39 is 29.9 Å². The number of benzene rings is 2. The molecule has 1 heterocycles. The number of hydrogen-bond acceptors (Lipinski definition) is 6. The highest BCUT2D eigenvalue weighted by molar-refractivity contribution is 7.80. The van der Waals surface area contributed by atoms with E-state index in [4.69, 9.17) is 21.7 Å². The van der Waals surface area contributed by atoms with Crippen molar-refractivity contribution in [2.75, 3.05) is 7.11 Å². The highest BCUT2D eigenvalue weighted by atomic mass is 32.1. The summed E-state index contributed by atoms with van der Waals surface area (Å²) in [6.07, 6.45) is 0.740. The van der Waals surface area contributed by atoms with Gasteiger partial charge in [0.25, 0.3) is 0 Å². The van der Waals surface area contributed by atoms with E-state index in [2.05, 4.69) is 10.3 Å². The molecule has 35 heavy (non-hydrogen) atoms. The minimum atomic E-state index is -0.875. The van der Waals surface area contributed by atoms with E-state index in [-0.39, 0.29) is 28.0 Å². The number of pyridine rings is 1.